The Morgan fingerprint density at radius 1 is 1.25 bits per heavy atom. The van der Waals surface area contributed by atoms with Crippen LogP contribution in [0.2, 0.25) is 0 Å². The van der Waals surface area contributed by atoms with Crippen molar-refractivity contribution in [3.8, 4) is 0 Å². The molecular weight excluding hydrogens is 440 g/mol. The monoisotopic (exact) mass is 460 g/mol. The third-order valence-electron chi connectivity index (χ3n) is 5.12. The lowest BCUT2D eigenvalue weighted by molar-refractivity contribution is -0.133. The number of H-pyrrole nitrogens is 1. The predicted octanol–water partition coefficient (Wildman–Crippen LogP) is 3.91. The van der Waals surface area contributed by atoms with Gasteiger partial charge in [0.15, 0.2) is 0 Å². The molecule has 1 aliphatic rings. The maximum atomic E-state index is 12.7. The first-order valence-electron chi connectivity index (χ1n) is 9.31. The first-order chi connectivity index (χ1) is 13.5. The van der Waals surface area contributed by atoms with E-state index in [4.69, 9.17) is 4.98 Å². The molecule has 1 aromatic carbocycles. The molecule has 1 aliphatic heterocycles. The summed E-state index contributed by atoms with van der Waals surface area (Å²) in [7, 11) is 0. The number of carbonyl (C=O) groups excluding carboxylic acids is 2. The average Bonchev–Trinajstić information content (AvgIpc) is 3.33. The van der Waals surface area contributed by atoms with Gasteiger partial charge in [0.1, 0.15) is 11.9 Å². The fourth-order valence-corrected chi connectivity index (χ4v) is 4.87. The SMILES string of the molecule is CC(NC(=O)c1ccc(Br)s1)C(=O)N1CCC(c2nc3ccccc3[nH]2)CC1. The smallest absolute Gasteiger partial charge is 0.262 e. The van der Waals surface area contributed by atoms with Gasteiger partial charge in [-0.25, -0.2) is 4.98 Å². The van der Waals surface area contributed by atoms with Crippen LogP contribution >= 0.6 is 27.3 Å². The maximum Gasteiger partial charge on any atom is 0.262 e. The third kappa shape index (κ3) is 3.98. The van der Waals surface area contributed by atoms with Gasteiger partial charge in [0.25, 0.3) is 5.91 Å². The number of hydrogen-bond donors (Lipinski definition) is 2. The number of likely N-dealkylation sites (tertiary alicyclic amines) is 1. The number of thiophene rings is 1. The number of fused-ring (bicyclic) bond motifs is 1. The molecule has 1 saturated heterocycles. The first-order valence-corrected chi connectivity index (χ1v) is 10.9. The Morgan fingerprint density at radius 2 is 2.00 bits per heavy atom. The average molecular weight is 461 g/mol. The number of aromatic nitrogens is 2. The molecule has 0 saturated carbocycles. The topological polar surface area (TPSA) is 78.1 Å². The number of benzene rings is 1. The number of para-hydroxylation sites is 2. The van der Waals surface area contributed by atoms with E-state index in [1.165, 1.54) is 11.3 Å². The standard InChI is InChI=1S/C20H21BrN4O2S/c1-12(22-19(26)16-6-7-17(21)28-16)20(27)25-10-8-13(9-11-25)18-23-14-4-2-3-5-15(14)24-18/h2-7,12-13H,8-11H2,1H3,(H,22,26)(H,23,24). The minimum atomic E-state index is -0.545. The van der Waals surface area contributed by atoms with E-state index in [0.717, 1.165) is 33.5 Å². The molecule has 146 valence electrons. The van der Waals surface area contributed by atoms with Crippen LogP contribution in [-0.2, 0) is 4.79 Å². The van der Waals surface area contributed by atoms with Gasteiger partial charge in [-0.2, -0.15) is 0 Å². The van der Waals surface area contributed by atoms with Crippen LogP contribution in [0.4, 0.5) is 0 Å². The van der Waals surface area contributed by atoms with Crippen molar-refractivity contribution in [1.29, 1.82) is 0 Å². The molecule has 0 aliphatic carbocycles. The van der Waals surface area contributed by atoms with Crippen molar-refractivity contribution >= 4 is 50.1 Å². The van der Waals surface area contributed by atoms with Gasteiger partial charge in [-0.05, 0) is 60.0 Å². The van der Waals surface area contributed by atoms with Crippen molar-refractivity contribution in [3.63, 3.8) is 0 Å². The predicted molar refractivity (Wildman–Crippen MR) is 114 cm³/mol. The number of piperidine rings is 1. The summed E-state index contributed by atoms with van der Waals surface area (Å²) >= 11 is 4.70. The normalized spacial score (nSPS) is 16.3. The number of halogens is 1. The van der Waals surface area contributed by atoms with Crippen LogP contribution in [0.15, 0.2) is 40.2 Å². The van der Waals surface area contributed by atoms with Crippen LogP contribution < -0.4 is 5.32 Å². The third-order valence-corrected chi connectivity index (χ3v) is 6.74. The summed E-state index contributed by atoms with van der Waals surface area (Å²) in [5.41, 5.74) is 2.03. The highest BCUT2D eigenvalue weighted by Crippen LogP contribution is 2.28. The van der Waals surface area contributed by atoms with Gasteiger partial charge in [0.2, 0.25) is 5.91 Å². The molecule has 4 rings (SSSR count). The Morgan fingerprint density at radius 3 is 2.68 bits per heavy atom. The van der Waals surface area contributed by atoms with Gasteiger partial charge in [-0.1, -0.05) is 12.1 Å². The maximum absolute atomic E-state index is 12.7. The number of carbonyl (C=O) groups is 2. The van der Waals surface area contributed by atoms with Gasteiger partial charge < -0.3 is 15.2 Å². The molecule has 2 N–H and O–H groups in total. The molecule has 8 heteroatoms. The van der Waals surface area contributed by atoms with Gasteiger partial charge in [0.05, 0.1) is 19.7 Å². The van der Waals surface area contributed by atoms with Crippen LogP contribution in [0.25, 0.3) is 11.0 Å². The zero-order valence-electron chi connectivity index (χ0n) is 15.4. The van der Waals surface area contributed by atoms with Crippen LogP contribution in [0.3, 0.4) is 0 Å². The minimum absolute atomic E-state index is 0.0352. The summed E-state index contributed by atoms with van der Waals surface area (Å²) in [5.74, 6) is 1.07. The lowest BCUT2D eigenvalue weighted by Crippen LogP contribution is -2.49. The number of imidazole rings is 1. The first kappa shape index (κ1) is 19.1. The summed E-state index contributed by atoms with van der Waals surface area (Å²) in [6.07, 6.45) is 1.73. The molecule has 1 atom stereocenters. The fraction of sp³-hybridized carbons (Fsp3) is 0.350. The van der Waals surface area contributed by atoms with Gasteiger partial charge in [-0.15, -0.1) is 11.3 Å². The zero-order chi connectivity index (χ0) is 19.7. The van der Waals surface area contributed by atoms with Crippen molar-refractivity contribution < 1.29 is 9.59 Å². The molecule has 1 fully saturated rings. The highest BCUT2D eigenvalue weighted by Gasteiger charge is 2.29. The second-order valence-electron chi connectivity index (χ2n) is 7.04. The highest BCUT2D eigenvalue weighted by atomic mass is 79.9. The Balaban J connectivity index is 1.33. The molecule has 3 heterocycles. The molecule has 0 radical (unpaired) electrons. The molecule has 0 spiro atoms. The molecule has 2 aromatic heterocycles. The number of amides is 2. The van der Waals surface area contributed by atoms with Crippen LogP contribution in [0.1, 0.15) is 41.2 Å². The van der Waals surface area contributed by atoms with E-state index in [2.05, 4.69) is 26.2 Å². The lowest BCUT2D eigenvalue weighted by atomic mass is 9.96. The number of rotatable bonds is 4. The minimum Gasteiger partial charge on any atom is -0.342 e. The summed E-state index contributed by atoms with van der Waals surface area (Å²) in [4.78, 5) is 35.5. The molecule has 6 nitrogen and oxygen atoms in total. The van der Waals surface area contributed by atoms with E-state index in [1.807, 2.05) is 35.2 Å². The Hall–Kier alpha value is -2.19. The number of nitrogens with zero attached hydrogens (tertiary/aromatic N) is 2. The number of hydrogen-bond acceptors (Lipinski definition) is 4. The van der Waals surface area contributed by atoms with Gasteiger partial charge in [-0.3, -0.25) is 9.59 Å². The van der Waals surface area contributed by atoms with E-state index in [-0.39, 0.29) is 11.8 Å². The second kappa shape index (κ2) is 8.05. The van der Waals surface area contributed by atoms with E-state index in [1.54, 1.807) is 13.0 Å². The molecule has 1 unspecified atom stereocenters. The Bertz CT molecular complexity index is 973. The van der Waals surface area contributed by atoms with Crippen molar-refractivity contribution in [2.45, 2.75) is 31.7 Å². The molecule has 28 heavy (non-hydrogen) atoms. The van der Waals surface area contributed by atoms with Crippen molar-refractivity contribution in [2.24, 2.45) is 0 Å². The van der Waals surface area contributed by atoms with E-state index >= 15 is 0 Å². The Labute approximate surface area is 175 Å². The van der Waals surface area contributed by atoms with Crippen LogP contribution in [0.5, 0.6) is 0 Å². The zero-order valence-corrected chi connectivity index (χ0v) is 17.8. The van der Waals surface area contributed by atoms with E-state index in [0.29, 0.717) is 23.9 Å². The summed E-state index contributed by atoms with van der Waals surface area (Å²) in [5, 5.41) is 2.81. The van der Waals surface area contributed by atoms with E-state index < -0.39 is 6.04 Å². The summed E-state index contributed by atoms with van der Waals surface area (Å²) in [6, 6.07) is 11.0. The van der Waals surface area contributed by atoms with Crippen molar-refractivity contribution in [1.82, 2.24) is 20.2 Å². The molecule has 2 amide bonds. The summed E-state index contributed by atoms with van der Waals surface area (Å²) in [6.45, 7) is 3.09. The van der Waals surface area contributed by atoms with Gasteiger partial charge >= 0.3 is 0 Å². The largest absolute Gasteiger partial charge is 0.342 e. The quantitative estimate of drug-likeness (QED) is 0.619. The van der Waals surface area contributed by atoms with Crippen molar-refractivity contribution in [2.75, 3.05) is 13.1 Å². The van der Waals surface area contributed by atoms with Gasteiger partial charge in [0, 0.05) is 19.0 Å². The molecule has 0 bridgehead atoms. The number of nitrogens with one attached hydrogen (secondary N) is 2. The van der Waals surface area contributed by atoms with E-state index in [9.17, 15) is 9.59 Å². The van der Waals surface area contributed by atoms with Crippen molar-refractivity contribution in [3.05, 3.63) is 50.9 Å². The lowest BCUT2D eigenvalue weighted by Gasteiger charge is -2.33. The number of aromatic amines is 1. The van der Waals surface area contributed by atoms with Crippen LogP contribution in [-0.4, -0.2) is 45.8 Å². The molecule has 3 aromatic rings. The second-order valence-corrected chi connectivity index (χ2v) is 9.50. The Kier molecular flexibility index (Phi) is 5.50. The molecular formula is C20H21BrN4O2S. The summed E-state index contributed by atoms with van der Waals surface area (Å²) < 4.78 is 0.893. The van der Waals surface area contributed by atoms with Crippen LogP contribution in [0, 0.1) is 0 Å². The highest BCUT2D eigenvalue weighted by molar-refractivity contribution is 9.11. The fourth-order valence-electron chi connectivity index (χ4n) is 3.58.